The molecule has 1 aromatic heterocycles. The molecule has 0 radical (unpaired) electrons. The number of methoxy groups -OCH3 is 2. The second-order valence-corrected chi connectivity index (χ2v) is 9.68. The first-order chi connectivity index (χ1) is 18.1. The summed E-state index contributed by atoms with van der Waals surface area (Å²) in [7, 11) is 2.92. The van der Waals surface area contributed by atoms with Crippen molar-refractivity contribution in [2.75, 3.05) is 19.1 Å². The van der Waals surface area contributed by atoms with Crippen molar-refractivity contribution in [1.82, 2.24) is 20.3 Å². The van der Waals surface area contributed by atoms with Gasteiger partial charge in [-0.2, -0.15) is 0 Å². The molecule has 3 aromatic carbocycles. The van der Waals surface area contributed by atoms with E-state index in [2.05, 4.69) is 15.6 Å². The number of benzene rings is 3. The Morgan fingerprint density at radius 2 is 1.71 bits per heavy atom. The molecular formula is C28H30FN5O4. The number of halogens is 1. The molecular weight excluding hydrogens is 489 g/mol. The lowest BCUT2D eigenvalue weighted by molar-refractivity contribution is -0.128. The van der Waals surface area contributed by atoms with Gasteiger partial charge in [0, 0.05) is 11.1 Å². The van der Waals surface area contributed by atoms with Gasteiger partial charge in [0.15, 0.2) is 11.5 Å². The highest BCUT2D eigenvalue weighted by Gasteiger charge is 2.38. The second kappa shape index (κ2) is 10.9. The van der Waals surface area contributed by atoms with E-state index in [4.69, 9.17) is 9.47 Å². The summed E-state index contributed by atoms with van der Waals surface area (Å²) in [6.07, 6.45) is 0. The standard InChI is InChI=1S/C28H30FN5O4/c1-28(2,3)30-27(36)25(18-11-10-16-23(37-4)26(18)38-5)34(21-14-8-6-12-19(21)29)24(35)17-33-22-15-9-7-13-20(22)31-32-33/h6-16,25H,17H2,1-5H3,(H,30,36)/t25-/m0/s1. The number of ether oxygens (including phenoxy) is 2. The molecule has 4 aromatic rings. The van der Waals surface area contributed by atoms with Crippen molar-refractivity contribution in [3.8, 4) is 11.5 Å². The first kappa shape index (κ1) is 26.6. The van der Waals surface area contributed by atoms with E-state index in [-0.39, 0.29) is 18.0 Å². The molecule has 4 rings (SSSR count). The molecule has 1 atom stereocenters. The molecule has 0 spiro atoms. The first-order valence-electron chi connectivity index (χ1n) is 12.0. The first-order valence-corrected chi connectivity index (χ1v) is 12.0. The van der Waals surface area contributed by atoms with Gasteiger partial charge in [-0.25, -0.2) is 9.07 Å². The highest BCUT2D eigenvalue weighted by Crippen LogP contribution is 2.40. The van der Waals surface area contributed by atoms with Gasteiger partial charge in [0.25, 0.3) is 0 Å². The van der Waals surface area contributed by atoms with Crippen molar-refractivity contribution in [1.29, 1.82) is 0 Å². The predicted molar refractivity (Wildman–Crippen MR) is 142 cm³/mol. The summed E-state index contributed by atoms with van der Waals surface area (Å²) in [4.78, 5) is 29.1. The van der Waals surface area contributed by atoms with Crippen molar-refractivity contribution < 1.29 is 23.5 Å². The average molecular weight is 520 g/mol. The summed E-state index contributed by atoms with van der Waals surface area (Å²) in [5.74, 6) is -1.15. The molecule has 0 aliphatic rings. The molecule has 0 fully saturated rings. The number of fused-ring (bicyclic) bond motifs is 1. The number of rotatable bonds is 8. The monoisotopic (exact) mass is 519 g/mol. The van der Waals surface area contributed by atoms with Crippen LogP contribution >= 0.6 is 0 Å². The van der Waals surface area contributed by atoms with Gasteiger partial charge in [0.05, 0.1) is 25.4 Å². The minimum atomic E-state index is -1.31. The number of nitrogens with zero attached hydrogens (tertiary/aromatic N) is 4. The number of carbonyl (C=O) groups excluding carboxylic acids is 2. The summed E-state index contributed by atoms with van der Waals surface area (Å²) < 4.78 is 27.8. The highest BCUT2D eigenvalue weighted by molar-refractivity contribution is 6.02. The fraction of sp³-hybridized carbons (Fsp3) is 0.286. The Morgan fingerprint density at radius 1 is 1.00 bits per heavy atom. The summed E-state index contributed by atoms with van der Waals surface area (Å²) in [6.45, 7) is 5.17. The third-order valence-corrected chi connectivity index (χ3v) is 5.82. The zero-order chi connectivity index (χ0) is 27.4. The van der Waals surface area contributed by atoms with Crippen LogP contribution in [0.2, 0.25) is 0 Å². The predicted octanol–water partition coefficient (Wildman–Crippen LogP) is 4.28. The Kier molecular flexibility index (Phi) is 7.61. The Morgan fingerprint density at radius 3 is 2.39 bits per heavy atom. The van der Waals surface area contributed by atoms with E-state index in [1.165, 1.54) is 37.1 Å². The average Bonchev–Trinajstić information content (AvgIpc) is 3.28. The summed E-state index contributed by atoms with van der Waals surface area (Å²) in [6, 6.07) is 16.7. The van der Waals surface area contributed by atoms with Crippen molar-refractivity contribution >= 4 is 28.5 Å². The maximum atomic E-state index is 15.3. The molecule has 0 aliphatic heterocycles. The third-order valence-electron chi connectivity index (χ3n) is 5.82. The smallest absolute Gasteiger partial charge is 0.249 e. The number of hydrogen-bond acceptors (Lipinski definition) is 6. The molecule has 0 aliphatic carbocycles. The van der Waals surface area contributed by atoms with E-state index in [0.29, 0.717) is 22.3 Å². The summed E-state index contributed by atoms with van der Waals surface area (Å²) in [5.41, 5.74) is 0.848. The lowest BCUT2D eigenvalue weighted by Crippen LogP contribution is -2.50. The van der Waals surface area contributed by atoms with Gasteiger partial charge >= 0.3 is 0 Å². The number of nitrogens with one attached hydrogen (secondary N) is 1. The largest absolute Gasteiger partial charge is 0.493 e. The van der Waals surface area contributed by atoms with Gasteiger partial charge in [-0.1, -0.05) is 41.6 Å². The molecule has 198 valence electrons. The Bertz CT molecular complexity index is 1460. The van der Waals surface area contributed by atoms with Gasteiger partial charge in [-0.05, 0) is 51.1 Å². The van der Waals surface area contributed by atoms with Crippen molar-refractivity contribution in [3.63, 3.8) is 0 Å². The fourth-order valence-corrected chi connectivity index (χ4v) is 4.27. The maximum Gasteiger partial charge on any atom is 0.249 e. The van der Waals surface area contributed by atoms with E-state index in [1.54, 1.807) is 36.4 Å². The number of anilines is 1. The molecule has 0 unspecified atom stereocenters. The SMILES string of the molecule is COc1cccc([C@@H](C(=O)NC(C)(C)C)N(C(=O)Cn2nnc3ccccc32)c2ccccc2F)c1OC. The number of aromatic nitrogens is 3. The van der Waals surface area contributed by atoms with Gasteiger partial charge in [0.1, 0.15) is 23.9 Å². The zero-order valence-corrected chi connectivity index (χ0v) is 21.9. The lowest BCUT2D eigenvalue weighted by atomic mass is 9.99. The van der Waals surface area contributed by atoms with Gasteiger partial charge in [-0.15, -0.1) is 5.10 Å². The molecule has 0 bridgehead atoms. The minimum absolute atomic E-state index is 0.0687. The number of hydrogen-bond donors (Lipinski definition) is 1. The highest BCUT2D eigenvalue weighted by atomic mass is 19.1. The number of amides is 2. The summed E-state index contributed by atoms with van der Waals surface area (Å²) >= 11 is 0. The van der Waals surface area contributed by atoms with Crippen molar-refractivity contribution in [2.24, 2.45) is 0 Å². The topological polar surface area (TPSA) is 98.6 Å². The zero-order valence-electron chi connectivity index (χ0n) is 21.9. The molecule has 2 amide bonds. The van der Waals surface area contributed by atoms with E-state index < -0.39 is 29.2 Å². The van der Waals surface area contributed by atoms with E-state index >= 15 is 4.39 Å². The third kappa shape index (κ3) is 5.44. The Balaban J connectivity index is 1.91. The van der Waals surface area contributed by atoms with Crippen LogP contribution in [0.3, 0.4) is 0 Å². The van der Waals surface area contributed by atoms with E-state index in [0.717, 1.165) is 4.90 Å². The lowest BCUT2D eigenvalue weighted by Gasteiger charge is -2.34. The molecule has 9 nitrogen and oxygen atoms in total. The molecule has 10 heteroatoms. The van der Waals surface area contributed by atoms with Crippen LogP contribution in [0.1, 0.15) is 32.4 Å². The number of para-hydroxylation sites is 3. The quantitative estimate of drug-likeness (QED) is 0.373. The molecule has 38 heavy (non-hydrogen) atoms. The van der Waals surface area contributed by atoms with Crippen LogP contribution in [0.5, 0.6) is 11.5 Å². The van der Waals surface area contributed by atoms with Gasteiger partial charge < -0.3 is 14.8 Å². The maximum absolute atomic E-state index is 15.3. The van der Waals surface area contributed by atoms with Gasteiger partial charge in [0.2, 0.25) is 11.8 Å². The fourth-order valence-electron chi connectivity index (χ4n) is 4.27. The van der Waals surface area contributed by atoms with Crippen LogP contribution in [0.15, 0.2) is 66.7 Å². The Labute approximate surface area is 220 Å². The molecule has 1 N–H and O–H groups in total. The van der Waals surface area contributed by atoms with Crippen LogP contribution in [0.25, 0.3) is 11.0 Å². The van der Waals surface area contributed by atoms with Crippen LogP contribution in [-0.4, -0.2) is 46.6 Å². The molecule has 1 heterocycles. The normalized spacial score (nSPS) is 12.2. The van der Waals surface area contributed by atoms with E-state index in [1.807, 2.05) is 32.9 Å². The van der Waals surface area contributed by atoms with Crippen LogP contribution in [-0.2, 0) is 16.1 Å². The van der Waals surface area contributed by atoms with Crippen LogP contribution in [0.4, 0.5) is 10.1 Å². The summed E-state index contributed by atoms with van der Waals surface area (Å²) in [5, 5.41) is 11.2. The molecule has 0 saturated heterocycles. The van der Waals surface area contributed by atoms with Gasteiger partial charge in [-0.3, -0.25) is 14.5 Å². The number of carbonyl (C=O) groups is 2. The Hall–Kier alpha value is -4.47. The molecule has 0 saturated carbocycles. The van der Waals surface area contributed by atoms with Crippen molar-refractivity contribution in [3.05, 3.63) is 78.1 Å². The van der Waals surface area contributed by atoms with Crippen LogP contribution in [0, 0.1) is 5.82 Å². The van der Waals surface area contributed by atoms with E-state index in [9.17, 15) is 9.59 Å². The van der Waals surface area contributed by atoms with Crippen molar-refractivity contribution in [2.45, 2.75) is 38.9 Å². The second-order valence-electron chi connectivity index (χ2n) is 9.68. The minimum Gasteiger partial charge on any atom is -0.493 e. The van der Waals surface area contributed by atoms with Crippen LogP contribution < -0.4 is 19.7 Å².